The van der Waals surface area contributed by atoms with Crippen molar-refractivity contribution < 1.29 is 14.9 Å². The SMILES string of the molecule is COc1cccc(C2(O)CCCC(O)C2CN(C)C)c1.Cl. The summed E-state index contributed by atoms with van der Waals surface area (Å²) in [6.07, 6.45) is 1.79. The van der Waals surface area contributed by atoms with Gasteiger partial charge >= 0.3 is 0 Å². The average Bonchev–Trinajstić information content (AvgIpc) is 2.43. The highest BCUT2D eigenvalue weighted by Gasteiger charge is 2.45. The molecule has 0 saturated heterocycles. The van der Waals surface area contributed by atoms with Gasteiger partial charge in [0.1, 0.15) is 5.75 Å². The van der Waals surface area contributed by atoms with Gasteiger partial charge in [-0.05, 0) is 51.1 Å². The van der Waals surface area contributed by atoms with Crippen LogP contribution in [-0.2, 0) is 5.60 Å². The van der Waals surface area contributed by atoms with Crippen LogP contribution in [0.2, 0.25) is 0 Å². The molecule has 0 spiro atoms. The van der Waals surface area contributed by atoms with Crippen LogP contribution in [-0.4, -0.2) is 49.0 Å². The van der Waals surface area contributed by atoms with Crippen molar-refractivity contribution in [2.75, 3.05) is 27.7 Å². The van der Waals surface area contributed by atoms with Crippen molar-refractivity contribution in [3.8, 4) is 5.75 Å². The van der Waals surface area contributed by atoms with Crippen LogP contribution >= 0.6 is 12.4 Å². The lowest BCUT2D eigenvalue weighted by Gasteiger charge is -2.44. The Labute approximate surface area is 133 Å². The van der Waals surface area contributed by atoms with E-state index in [1.54, 1.807) is 7.11 Å². The fourth-order valence-corrected chi connectivity index (χ4v) is 3.20. The van der Waals surface area contributed by atoms with Crippen molar-refractivity contribution in [3.63, 3.8) is 0 Å². The summed E-state index contributed by atoms with van der Waals surface area (Å²) in [5, 5.41) is 21.5. The standard InChI is InChI=1S/C16H25NO3.ClH/c1-17(2)11-14-15(18)8-5-9-16(14,19)12-6-4-7-13(10-12)20-3;/h4,6-7,10,14-15,18-19H,5,8-9,11H2,1-3H3;1H. The summed E-state index contributed by atoms with van der Waals surface area (Å²) >= 11 is 0. The Hall–Kier alpha value is -0.810. The minimum absolute atomic E-state index is 0. The summed E-state index contributed by atoms with van der Waals surface area (Å²) in [5.41, 5.74) is -0.154. The number of halogens is 1. The van der Waals surface area contributed by atoms with Crippen LogP contribution in [0.5, 0.6) is 5.75 Å². The van der Waals surface area contributed by atoms with Gasteiger partial charge in [0.05, 0.1) is 18.8 Å². The smallest absolute Gasteiger partial charge is 0.119 e. The zero-order chi connectivity index (χ0) is 14.8. The molecular weight excluding hydrogens is 290 g/mol. The molecule has 1 aromatic carbocycles. The second-order valence-corrected chi connectivity index (χ2v) is 5.98. The van der Waals surface area contributed by atoms with Crippen LogP contribution in [0.15, 0.2) is 24.3 Å². The van der Waals surface area contributed by atoms with Gasteiger partial charge < -0.3 is 19.8 Å². The Kier molecular flexibility index (Phi) is 6.47. The number of benzene rings is 1. The number of ether oxygens (including phenoxy) is 1. The monoisotopic (exact) mass is 315 g/mol. The molecule has 0 radical (unpaired) electrons. The van der Waals surface area contributed by atoms with Crippen molar-refractivity contribution in [2.45, 2.75) is 31.0 Å². The first-order valence-corrected chi connectivity index (χ1v) is 7.17. The predicted molar refractivity (Wildman–Crippen MR) is 86.0 cm³/mol. The Morgan fingerprint density at radius 2 is 2.10 bits per heavy atom. The largest absolute Gasteiger partial charge is 0.497 e. The molecule has 5 heteroatoms. The number of hydrogen-bond acceptors (Lipinski definition) is 4. The molecule has 120 valence electrons. The maximum Gasteiger partial charge on any atom is 0.119 e. The zero-order valence-electron chi connectivity index (χ0n) is 13.0. The number of aliphatic hydroxyl groups excluding tert-OH is 1. The van der Waals surface area contributed by atoms with Crippen LogP contribution in [0.1, 0.15) is 24.8 Å². The van der Waals surface area contributed by atoms with E-state index in [1.165, 1.54) is 0 Å². The van der Waals surface area contributed by atoms with E-state index in [0.717, 1.165) is 24.2 Å². The molecule has 0 aromatic heterocycles. The zero-order valence-corrected chi connectivity index (χ0v) is 13.8. The quantitative estimate of drug-likeness (QED) is 0.892. The molecular formula is C16H26ClNO3. The van der Waals surface area contributed by atoms with Crippen molar-refractivity contribution >= 4 is 12.4 Å². The number of rotatable bonds is 4. The summed E-state index contributed by atoms with van der Waals surface area (Å²) in [4.78, 5) is 2.02. The Morgan fingerprint density at radius 1 is 1.38 bits per heavy atom. The normalized spacial score (nSPS) is 29.0. The maximum atomic E-state index is 11.2. The second-order valence-electron chi connectivity index (χ2n) is 5.98. The first kappa shape index (κ1) is 18.2. The summed E-state index contributed by atoms with van der Waals surface area (Å²) in [5.74, 6) is 0.554. The van der Waals surface area contributed by atoms with Crippen LogP contribution in [0.25, 0.3) is 0 Å². The molecule has 0 aliphatic heterocycles. The van der Waals surface area contributed by atoms with E-state index in [2.05, 4.69) is 0 Å². The average molecular weight is 316 g/mol. The molecule has 1 fully saturated rings. The molecule has 2 rings (SSSR count). The summed E-state index contributed by atoms with van der Waals surface area (Å²) in [6, 6.07) is 7.55. The summed E-state index contributed by atoms with van der Waals surface area (Å²) in [6.45, 7) is 0.662. The molecule has 1 aromatic rings. The van der Waals surface area contributed by atoms with E-state index in [1.807, 2.05) is 43.3 Å². The van der Waals surface area contributed by atoms with Crippen molar-refractivity contribution in [3.05, 3.63) is 29.8 Å². The van der Waals surface area contributed by atoms with Crippen LogP contribution in [0.4, 0.5) is 0 Å². The molecule has 21 heavy (non-hydrogen) atoms. The third-order valence-electron chi connectivity index (χ3n) is 4.27. The van der Waals surface area contributed by atoms with E-state index >= 15 is 0 Å². The van der Waals surface area contributed by atoms with Crippen molar-refractivity contribution in [2.24, 2.45) is 5.92 Å². The van der Waals surface area contributed by atoms with Gasteiger partial charge in [-0.15, -0.1) is 12.4 Å². The van der Waals surface area contributed by atoms with Crippen molar-refractivity contribution in [1.82, 2.24) is 4.90 Å². The molecule has 0 amide bonds. The van der Waals surface area contributed by atoms with E-state index in [4.69, 9.17) is 4.74 Å². The Bertz CT molecular complexity index is 455. The van der Waals surface area contributed by atoms with Crippen molar-refractivity contribution in [1.29, 1.82) is 0 Å². The molecule has 0 heterocycles. The fraction of sp³-hybridized carbons (Fsp3) is 0.625. The van der Waals surface area contributed by atoms with E-state index in [-0.39, 0.29) is 18.3 Å². The van der Waals surface area contributed by atoms with Crippen LogP contribution in [0.3, 0.4) is 0 Å². The topological polar surface area (TPSA) is 52.9 Å². The molecule has 4 nitrogen and oxygen atoms in total. The summed E-state index contributed by atoms with van der Waals surface area (Å²) < 4.78 is 5.25. The highest BCUT2D eigenvalue weighted by atomic mass is 35.5. The number of methoxy groups -OCH3 is 1. The molecule has 3 unspecified atom stereocenters. The highest BCUT2D eigenvalue weighted by Crippen LogP contribution is 2.42. The van der Waals surface area contributed by atoms with Gasteiger partial charge in [-0.25, -0.2) is 0 Å². The van der Waals surface area contributed by atoms with Gasteiger partial charge in [0.25, 0.3) is 0 Å². The lowest BCUT2D eigenvalue weighted by Crippen LogP contribution is -2.49. The lowest BCUT2D eigenvalue weighted by molar-refractivity contribution is -0.116. The highest BCUT2D eigenvalue weighted by molar-refractivity contribution is 5.85. The van der Waals surface area contributed by atoms with E-state index in [9.17, 15) is 10.2 Å². The molecule has 1 aliphatic rings. The van der Waals surface area contributed by atoms with Crippen LogP contribution < -0.4 is 4.74 Å². The van der Waals surface area contributed by atoms with E-state index in [0.29, 0.717) is 13.0 Å². The Balaban J connectivity index is 0.00000220. The number of nitrogens with zero attached hydrogens (tertiary/aromatic N) is 1. The molecule has 0 bridgehead atoms. The maximum absolute atomic E-state index is 11.2. The third kappa shape index (κ3) is 3.89. The molecule has 3 atom stereocenters. The first-order chi connectivity index (χ1) is 9.47. The van der Waals surface area contributed by atoms with Gasteiger partial charge in [-0.1, -0.05) is 12.1 Å². The van der Waals surface area contributed by atoms with Crippen LogP contribution in [0, 0.1) is 5.92 Å². The lowest BCUT2D eigenvalue weighted by atomic mass is 9.69. The Morgan fingerprint density at radius 3 is 2.71 bits per heavy atom. The minimum atomic E-state index is -0.990. The summed E-state index contributed by atoms with van der Waals surface area (Å²) in [7, 11) is 5.55. The van der Waals surface area contributed by atoms with Gasteiger partial charge in [0.2, 0.25) is 0 Å². The first-order valence-electron chi connectivity index (χ1n) is 7.17. The number of aliphatic hydroxyl groups is 2. The molecule has 1 aliphatic carbocycles. The second kappa shape index (κ2) is 7.45. The fourth-order valence-electron chi connectivity index (χ4n) is 3.20. The molecule has 1 saturated carbocycles. The predicted octanol–water partition coefficient (Wildman–Crippen LogP) is 2.03. The minimum Gasteiger partial charge on any atom is -0.497 e. The van der Waals surface area contributed by atoms with Gasteiger partial charge in [-0.3, -0.25) is 0 Å². The third-order valence-corrected chi connectivity index (χ3v) is 4.27. The van der Waals surface area contributed by atoms with Gasteiger partial charge in [0.15, 0.2) is 0 Å². The van der Waals surface area contributed by atoms with Gasteiger partial charge in [0, 0.05) is 12.5 Å². The molecule has 2 N–H and O–H groups in total. The van der Waals surface area contributed by atoms with Gasteiger partial charge in [-0.2, -0.15) is 0 Å². The van der Waals surface area contributed by atoms with E-state index < -0.39 is 11.7 Å². The number of hydrogen-bond donors (Lipinski definition) is 2.